The zero-order valence-corrected chi connectivity index (χ0v) is 19.5. The van der Waals surface area contributed by atoms with Crippen LogP contribution in [0.25, 0.3) is 44.5 Å². The molecule has 0 spiro atoms. The lowest BCUT2D eigenvalue weighted by atomic mass is 9.86. The van der Waals surface area contributed by atoms with Crippen molar-refractivity contribution in [3.05, 3.63) is 120 Å². The molecule has 0 aliphatic rings. The van der Waals surface area contributed by atoms with E-state index < -0.39 is 0 Å². The number of anilines is 2. The molecular formula is C32H28N2. The van der Waals surface area contributed by atoms with E-state index in [1.165, 1.54) is 38.9 Å². The van der Waals surface area contributed by atoms with Crippen LogP contribution in [0.3, 0.4) is 0 Å². The fourth-order valence-corrected chi connectivity index (χ4v) is 4.53. The molecule has 0 saturated heterocycles. The summed E-state index contributed by atoms with van der Waals surface area (Å²) in [4.78, 5) is 0. The van der Waals surface area contributed by atoms with Gasteiger partial charge in [0, 0.05) is 11.4 Å². The molecule has 0 bridgehead atoms. The van der Waals surface area contributed by atoms with E-state index in [0.29, 0.717) is 0 Å². The van der Waals surface area contributed by atoms with Gasteiger partial charge in [-0.2, -0.15) is 0 Å². The highest BCUT2D eigenvalue weighted by Crippen LogP contribution is 2.41. The van der Waals surface area contributed by atoms with Gasteiger partial charge in [-0.25, -0.2) is 0 Å². The lowest BCUT2D eigenvalue weighted by molar-refractivity contribution is 1.46. The van der Waals surface area contributed by atoms with Crippen LogP contribution in [0.1, 0.15) is 11.1 Å². The molecule has 34 heavy (non-hydrogen) atoms. The third-order valence-corrected chi connectivity index (χ3v) is 6.26. The summed E-state index contributed by atoms with van der Waals surface area (Å²) in [6.07, 6.45) is 0. The Morgan fingerprint density at radius 1 is 0.382 bits per heavy atom. The highest BCUT2D eigenvalue weighted by molar-refractivity contribution is 5.94. The summed E-state index contributed by atoms with van der Waals surface area (Å²) in [6.45, 7) is 4.25. The predicted molar refractivity (Wildman–Crippen MR) is 146 cm³/mol. The standard InChI is InChI=1S/C32H28N2/c1-21-5-3-7-25(17-21)31-19-24(23-9-12-27(33)13-10-23)11-15-29(31)30-16-14-28(34)20-32(30)26-8-4-6-22(2)18-26/h3-20H,33-34H2,1-2H3. The van der Waals surface area contributed by atoms with Gasteiger partial charge in [0.1, 0.15) is 0 Å². The van der Waals surface area contributed by atoms with E-state index in [4.69, 9.17) is 11.5 Å². The van der Waals surface area contributed by atoms with Crippen LogP contribution in [0.2, 0.25) is 0 Å². The highest BCUT2D eigenvalue weighted by Gasteiger charge is 2.15. The zero-order valence-electron chi connectivity index (χ0n) is 19.5. The molecule has 2 heteroatoms. The Kier molecular flexibility index (Phi) is 5.65. The summed E-state index contributed by atoms with van der Waals surface area (Å²) < 4.78 is 0. The van der Waals surface area contributed by atoms with Crippen molar-refractivity contribution in [2.45, 2.75) is 13.8 Å². The van der Waals surface area contributed by atoms with E-state index in [2.05, 4.69) is 105 Å². The summed E-state index contributed by atoms with van der Waals surface area (Å²) in [5.41, 5.74) is 25.5. The largest absolute Gasteiger partial charge is 0.399 e. The van der Waals surface area contributed by atoms with Crippen molar-refractivity contribution >= 4 is 11.4 Å². The van der Waals surface area contributed by atoms with Crippen molar-refractivity contribution in [3.63, 3.8) is 0 Å². The molecule has 2 nitrogen and oxygen atoms in total. The molecule has 0 radical (unpaired) electrons. The summed E-state index contributed by atoms with van der Waals surface area (Å²) in [6, 6.07) is 38.2. The minimum Gasteiger partial charge on any atom is -0.399 e. The normalized spacial score (nSPS) is 10.9. The van der Waals surface area contributed by atoms with Crippen LogP contribution < -0.4 is 11.5 Å². The van der Waals surface area contributed by atoms with Crippen LogP contribution in [0.15, 0.2) is 109 Å². The van der Waals surface area contributed by atoms with Gasteiger partial charge in [0.05, 0.1) is 0 Å². The average Bonchev–Trinajstić information content (AvgIpc) is 2.84. The molecule has 0 aliphatic heterocycles. The lowest BCUT2D eigenvalue weighted by Crippen LogP contribution is -1.93. The molecule has 5 aromatic carbocycles. The van der Waals surface area contributed by atoms with Gasteiger partial charge in [0.2, 0.25) is 0 Å². The van der Waals surface area contributed by atoms with Crippen LogP contribution in [-0.4, -0.2) is 0 Å². The number of hydrogen-bond donors (Lipinski definition) is 2. The van der Waals surface area contributed by atoms with E-state index in [1.54, 1.807) is 0 Å². The summed E-state index contributed by atoms with van der Waals surface area (Å²) in [5, 5.41) is 0. The molecule has 5 rings (SSSR count). The Morgan fingerprint density at radius 2 is 0.882 bits per heavy atom. The Bertz CT molecular complexity index is 1480. The maximum Gasteiger partial charge on any atom is 0.0320 e. The lowest BCUT2D eigenvalue weighted by Gasteiger charge is -2.17. The third-order valence-electron chi connectivity index (χ3n) is 6.26. The highest BCUT2D eigenvalue weighted by atomic mass is 14.5. The van der Waals surface area contributed by atoms with Crippen LogP contribution in [0, 0.1) is 13.8 Å². The van der Waals surface area contributed by atoms with Crippen molar-refractivity contribution in [2.24, 2.45) is 0 Å². The first-order valence-corrected chi connectivity index (χ1v) is 11.5. The second-order valence-electron chi connectivity index (χ2n) is 8.93. The Hall–Kier alpha value is -4.30. The zero-order chi connectivity index (χ0) is 23.7. The number of nitrogen functional groups attached to an aromatic ring is 2. The maximum atomic E-state index is 6.25. The quantitative estimate of drug-likeness (QED) is 0.277. The second kappa shape index (κ2) is 8.92. The van der Waals surface area contributed by atoms with E-state index in [0.717, 1.165) is 28.1 Å². The number of aryl methyl sites for hydroxylation is 2. The van der Waals surface area contributed by atoms with E-state index in [1.807, 2.05) is 18.2 Å². The fraction of sp³-hybridized carbons (Fsp3) is 0.0625. The van der Waals surface area contributed by atoms with Gasteiger partial charge >= 0.3 is 0 Å². The van der Waals surface area contributed by atoms with Gasteiger partial charge in [-0.15, -0.1) is 0 Å². The molecule has 0 unspecified atom stereocenters. The molecule has 0 aromatic heterocycles. The minimum absolute atomic E-state index is 0.760. The third kappa shape index (κ3) is 4.31. The molecule has 5 aromatic rings. The second-order valence-corrected chi connectivity index (χ2v) is 8.93. The Morgan fingerprint density at radius 3 is 1.47 bits per heavy atom. The smallest absolute Gasteiger partial charge is 0.0320 e. The average molecular weight is 441 g/mol. The molecule has 0 atom stereocenters. The summed E-state index contributed by atoms with van der Waals surface area (Å²) in [7, 11) is 0. The van der Waals surface area contributed by atoms with Gasteiger partial charge in [0.15, 0.2) is 0 Å². The number of nitrogens with two attached hydrogens (primary N) is 2. The van der Waals surface area contributed by atoms with Crippen LogP contribution in [-0.2, 0) is 0 Å². The molecule has 166 valence electrons. The molecule has 0 heterocycles. The van der Waals surface area contributed by atoms with Gasteiger partial charge in [-0.3, -0.25) is 0 Å². The minimum atomic E-state index is 0.760. The number of rotatable bonds is 4. The van der Waals surface area contributed by atoms with E-state index >= 15 is 0 Å². The fourth-order valence-electron chi connectivity index (χ4n) is 4.53. The number of hydrogen-bond acceptors (Lipinski definition) is 2. The first-order valence-electron chi connectivity index (χ1n) is 11.5. The summed E-state index contributed by atoms with van der Waals surface area (Å²) in [5.74, 6) is 0. The summed E-state index contributed by atoms with van der Waals surface area (Å²) >= 11 is 0. The molecule has 0 amide bonds. The molecule has 0 saturated carbocycles. The topological polar surface area (TPSA) is 52.0 Å². The van der Waals surface area contributed by atoms with Crippen LogP contribution >= 0.6 is 0 Å². The molecule has 4 N–H and O–H groups in total. The Labute approximate surface area is 201 Å². The molecule has 0 fully saturated rings. The van der Waals surface area contributed by atoms with Crippen LogP contribution in [0.4, 0.5) is 11.4 Å². The van der Waals surface area contributed by atoms with Gasteiger partial charge in [-0.05, 0) is 88.7 Å². The van der Waals surface area contributed by atoms with E-state index in [-0.39, 0.29) is 0 Å². The van der Waals surface area contributed by atoms with Gasteiger partial charge in [0.25, 0.3) is 0 Å². The van der Waals surface area contributed by atoms with Crippen molar-refractivity contribution in [3.8, 4) is 44.5 Å². The van der Waals surface area contributed by atoms with Crippen molar-refractivity contribution < 1.29 is 0 Å². The Balaban J connectivity index is 1.76. The molecule has 0 aliphatic carbocycles. The first-order chi connectivity index (χ1) is 16.5. The van der Waals surface area contributed by atoms with Crippen molar-refractivity contribution in [2.75, 3.05) is 11.5 Å². The maximum absolute atomic E-state index is 6.25. The van der Waals surface area contributed by atoms with E-state index in [9.17, 15) is 0 Å². The van der Waals surface area contributed by atoms with Gasteiger partial charge < -0.3 is 11.5 Å². The van der Waals surface area contributed by atoms with Crippen LogP contribution in [0.5, 0.6) is 0 Å². The SMILES string of the molecule is Cc1cccc(-c2cc(N)ccc2-c2ccc(-c3ccc(N)cc3)cc2-c2cccc(C)c2)c1. The predicted octanol–water partition coefficient (Wildman–Crippen LogP) is 8.14. The van der Waals surface area contributed by atoms with Gasteiger partial charge in [-0.1, -0.05) is 90.0 Å². The first kappa shape index (κ1) is 21.5. The van der Waals surface area contributed by atoms with Crippen molar-refractivity contribution in [1.82, 2.24) is 0 Å². The number of benzene rings is 5. The van der Waals surface area contributed by atoms with Crippen molar-refractivity contribution in [1.29, 1.82) is 0 Å². The molecular weight excluding hydrogens is 412 g/mol. The monoisotopic (exact) mass is 440 g/mol.